The minimum atomic E-state index is -4.44. The molecule has 0 saturated heterocycles. The van der Waals surface area contributed by atoms with E-state index in [-0.39, 0.29) is 20.9 Å². The highest BCUT2D eigenvalue weighted by Gasteiger charge is 2.30. The van der Waals surface area contributed by atoms with E-state index in [1.807, 2.05) is 0 Å². The van der Waals surface area contributed by atoms with Crippen LogP contribution in [0.2, 0.25) is 10.2 Å². The summed E-state index contributed by atoms with van der Waals surface area (Å²) in [5, 5.41) is 4.53. The largest absolute Gasteiger partial charge is 0.416 e. The van der Waals surface area contributed by atoms with Crippen LogP contribution in [-0.2, 0) is 6.18 Å². The van der Waals surface area contributed by atoms with Gasteiger partial charge < -0.3 is 0 Å². The van der Waals surface area contributed by atoms with Crippen LogP contribution in [0.4, 0.5) is 18.3 Å². The molecule has 0 saturated carbocycles. The van der Waals surface area contributed by atoms with E-state index in [9.17, 15) is 18.0 Å². The first-order valence-electron chi connectivity index (χ1n) is 6.99. The van der Waals surface area contributed by atoms with E-state index in [0.717, 1.165) is 23.5 Å². The van der Waals surface area contributed by atoms with Crippen molar-refractivity contribution in [3.63, 3.8) is 0 Å². The van der Waals surface area contributed by atoms with E-state index in [1.165, 1.54) is 24.4 Å². The number of carbonyl (C=O) groups is 1. The summed E-state index contributed by atoms with van der Waals surface area (Å²) < 4.78 is 38.4. The summed E-state index contributed by atoms with van der Waals surface area (Å²) in [5.41, 5.74) is 0.0297. The van der Waals surface area contributed by atoms with Crippen LogP contribution in [0.25, 0.3) is 11.3 Å². The predicted molar refractivity (Wildman–Crippen MR) is 94.8 cm³/mol. The Kier molecular flexibility index (Phi) is 5.17. The minimum Gasteiger partial charge on any atom is -0.298 e. The van der Waals surface area contributed by atoms with Crippen molar-refractivity contribution >= 4 is 45.6 Å². The van der Waals surface area contributed by atoms with E-state index < -0.39 is 17.6 Å². The van der Waals surface area contributed by atoms with Gasteiger partial charge in [-0.25, -0.2) is 9.97 Å². The lowest BCUT2D eigenvalue weighted by atomic mass is 10.1. The van der Waals surface area contributed by atoms with Gasteiger partial charge in [-0.3, -0.25) is 10.1 Å². The Labute approximate surface area is 159 Å². The van der Waals surface area contributed by atoms with Gasteiger partial charge in [0, 0.05) is 17.1 Å². The van der Waals surface area contributed by atoms with E-state index in [2.05, 4.69) is 15.3 Å². The summed E-state index contributed by atoms with van der Waals surface area (Å²) in [4.78, 5) is 20.1. The summed E-state index contributed by atoms with van der Waals surface area (Å²) in [5.74, 6) is -0.513. The first-order valence-corrected chi connectivity index (χ1v) is 8.63. The zero-order chi connectivity index (χ0) is 18.9. The van der Waals surface area contributed by atoms with Gasteiger partial charge in [-0.1, -0.05) is 35.3 Å². The number of aromatic nitrogens is 2. The maximum absolute atomic E-state index is 12.8. The standard InChI is InChI=1S/C16H8Cl2F3N3OS/c17-11-5-9(6-22-13(11)18)14(25)24-15-23-12(7-26-15)8-2-1-3-10(4-8)16(19,20)21/h1-7H,(H,23,24,25). The molecule has 2 heterocycles. The third-order valence-electron chi connectivity index (χ3n) is 3.27. The van der Waals surface area contributed by atoms with Gasteiger partial charge in [-0.15, -0.1) is 11.3 Å². The smallest absolute Gasteiger partial charge is 0.298 e. The van der Waals surface area contributed by atoms with Gasteiger partial charge in [-0.05, 0) is 18.2 Å². The normalized spacial score (nSPS) is 11.4. The Balaban J connectivity index is 1.80. The number of halogens is 5. The Morgan fingerprint density at radius 2 is 1.96 bits per heavy atom. The molecule has 0 aliphatic heterocycles. The van der Waals surface area contributed by atoms with Crippen molar-refractivity contribution in [2.75, 3.05) is 5.32 Å². The van der Waals surface area contributed by atoms with E-state index in [1.54, 1.807) is 5.38 Å². The molecule has 1 amide bonds. The molecule has 0 radical (unpaired) electrons. The number of anilines is 1. The van der Waals surface area contributed by atoms with Crippen LogP contribution in [0.5, 0.6) is 0 Å². The average Bonchev–Trinajstić information content (AvgIpc) is 3.05. The molecule has 2 aromatic heterocycles. The van der Waals surface area contributed by atoms with Crippen LogP contribution >= 0.6 is 34.5 Å². The van der Waals surface area contributed by atoms with Crippen molar-refractivity contribution in [2.24, 2.45) is 0 Å². The third kappa shape index (κ3) is 4.14. The van der Waals surface area contributed by atoms with Crippen LogP contribution in [0.1, 0.15) is 15.9 Å². The van der Waals surface area contributed by atoms with Crippen molar-refractivity contribution < 1.29 is 18.0 Å². The van der Waals surface area contributed by atoms with Crippen molar-refractivity contribution in [1.82, 2.24) is 9.97 Å². The molecule has 134 valence electrons. The molecule has 0 aliphatic carbocycles. The van der Waals surface area contributed by atoms with Gasteiger partial charge >= 0.3 is 6.18 Å². The summed E-state index contributed by atoms with van der Waals surface area (Å²) in [6.45, 7) is 0. The number of thiazole rings is 1. The van der Waals surface area contributed by atoms with E-state index in [4.69, 9.17) is 23.2 Å². The van der Waals surface area contributed by atoms with Crippen LogP contribution in [0, 0.1) is 0 Å². The Hall–Kier alpha value is -2.16. The number of pyridine rings is 1. The molecule has 26 heavy (non-hydrogen) atoms. The lowest BCUT2D eigenvalue weighted by molar-refractivity contribution is -0.137. The first-order chi connectivity index (χ1) is 12.2. The second-order valence-corrected chi connectivity index (χ2v) is 6.69. The number of hydrogen-bond acceptors (Lipinski definition) is 4. The van der Waals surface area contributed by atoms with Gasteiger partial charge in [0.15, 0.2) is 5.13 Å². The number of alkyl halides is 3. The van der Waals surface area contributed by atoms with E-state index in [0.29, 0.717) is 11.3 Å². The molecule has 0 aliphatic rings. The molecule has 1 aromatic carbocycles. The van der Waals surface area contributed by atoms with Gasteiger partial charge in [0.05, 0.1) is 21.8 Å². The number of carbonyl (C=O) groups excluding carboxylic acids is 1. The number of amides is 1. The molecular weight excluding hydrogens is 410 g/mol. The molecule has 0 spiro atoms. The van der Waals surface area contributed by atoms with Crippen molar-refractivity contribution in [2.45, 2.75) is 6.18 Å². The summed E-state index contributed by atoms with van der Waals surface area (Å²) >= 11 is 12.6. The molecule has 0 atom stereocenters. The molecular formula is C16H8Cl2F3N3OS. The maximum Gasteiger partial charge on any atom is 0.416 e. The number of hydrogen-bond donors (Lipinski definition) is 1. The number of benzene rings is 1. The highest BCUT2D eigenvalue weighted by atomic mass is 35.5. The molecule has 0 fully saturated rings. The topological polar surface area (TPSA) is 54.9 Å². The second kappa shape index (κ2) is 7.22. The fraction of sp³-hybridized carbons (Fsp3) is 0.0625. The molecule has 4 nitrogen and oxygen atoms in total. The molecule has 3 rings (SSSR count). The molecule has 10 heteroatoms. The first kappa shape index (κ1) is 18.6. The Bertz CT molecular complexity index is 975. The molecule has 0 unspecified atom stereocenters. The van der Waals surface area contributed by atoms with Gasteiger partial charge in [-0.2, -0.15) is 13.2 Å². The maximum atomic E-state index is 12.8. The Morgan fingerprint density at radius 3 is 2.65 bits per heavy atom. The van der Waals surface area contributed by atoms with Gasteiger partial charge in [0.25, 0.3) is 5.91 Å². The van der Waals surface area contributed by atoms with Crippen LogP contribution in [-0.4, -0.2) is 15.9 Å². The molecule has 0 bridgehead atoms. The highest BCUT2D eigenvalue weighted by molar-refractivity contribution is 7.14. The van der Waals surface area contributed by atoms with E-state index >= 15 is 0 Å². The van der Waals surface area contributed by atoms with Crippen molar-refractivity contribution in [1.29, 1.82) is 0 Å². The monoisotopic (exact) mass is 417 g/mol. The second-order valence-electron chi connectivity index (χ2n) is 5.07. The van der Waals surface area contributed by atoms with Crippen LogP contribution < -0.4 is 5.32 Å². The van der Waals surface area contributed by atoms with Gasteiger partial charge in [0.1, 0.15) is 5.15 Å². The molecule has 3 aromatic rings. The molecule has 1 N–H and O–H groups in total. The number of nitrogens with zero attached hydrogens (tertiary/aromatic N) is 2. The quantitative estimate of drug-likeness (QED) is 0.549. The van der Waals surface area contributed by atoms with Crippen molar-refractivity contribution in [3.05, 3.63) is 63.2 Å². The number of rotatable bonds is 3. The SMILES string of the molecule is O=C(Nc1nc(-c2cccc(C(F)(F)F)c2)cs1)c1cnc(Cl)c(Cl)c1. The predicted octanol–water partition coefficient (Wildman–Crippen LogP) is 5.78. The summed E-state index contributed by atoms with van der Waals surface area (Å²) in [6.07, 6.45) is -3.19. The van der Waals surface area contributed by atoms with Crippen molar-refractivity contribution in [3.8, 4) is 11.3 Å². The zero-order valence-electron chi connectivity index (χ0n) is 12.6. The van der Waals surface area contributed by atoms with Crippen LogP contribution in [0.3, 0.4) is 0 Å². The average molecular weight is 418 g/mol. The lowest BCUT2D eigenvalue weighted by Gasteiger charge is -2.07. The Morgan fingerprint density at radius 1 is 1.19 bits per heavy atom. The minimum absolute atomic E-state index is 0.0734. The highest BCUT2D eigenvalue weighted by Crippen LogP contribution is 2.33. The summed E-state index contributed by atoms with van der Waals surface area (Å²) in [6, 6.07) is 6.16. The number of nitrogens with one attached hydrogen (secondary N) is 1. The zero-order valence-corrected chi connectivity index (χ0v) is 15.0. The summed E-state index contributed by atoms with van der Waals surface area (Å²) in [7, 11) is 0. The fourth-order valence-electron chi connectivity index (χ4n) is 2.03. The lowest BCUT2D eigenvalue weighted by Crippen LogP contribution is -2.12. The van der Waals surface area contributed by atoms with Crippen LogP contribution in [0.15, 0.2) is 41.9 Å². The fourth-order valence-corrected chi connectivity index (χ4v) is 3.02. The van der Waals surface area contributed by atoms with Gasteiger partial charge in [0.2, 0.25) is 0 Å². The third-order valence-corrected chi connectivity index (χ3v) is 4.71.